The van der Waals surface area contributed by atoms with Crippen molar-refractivity contribution in [3.8, 4) is 11.8 Å². The van der Waals surface area contributed by atoms with Crippen LogP contribution in [0, 0.1) is 18.8 Å². The second-order valence-corrected chi connectivity index (χ2v) is 4.16. The lowest BCUT2D eigenvalue weighted by Gasteiger charge is -2.18. The van der Waals surface area contributed by atoms with Crippen LogP contribution < -0.4 is 10.6 Å². The molecular formula is C14H16N2O. The normalized spacial score (nSPS) is 14.7. The van der Waals surface area contributed by atoms with Crippen molar-refractivity contribution in [3.05, 3.63) is 29.3 Å². The van der Waals surface area contributed by atoms with Crippen molar-refractivity contribution in [3.63, 3.8) is 0 Å². The van der Waals surface area contributed by atoms with E-state index in [4.69, 9.17) is 5.73 Å². The molecule has 17 heavy (non-hydrogen) atoms. The SMILES string of the molecule is Cc1ccc(C#CCN)cc1N1CCCC1=O. The first-order valence-corrected chi connectivity index (χ1v) is 5.82. The number of carbonyl (C=O) groups is 1. The van der Waals surface area contributed by atoms with E-state index in [0.29, 0.717) is 13.0 Å². The van der Waals surface area contributed by atoms with Crippen LogP contribution in [0.15, 0.2) is 18.2 Å². The summed E-state index contributed by atoms with van der Waals surface area (Å²) in [6.07, 6.45) is 1.59. The topological polar surface area (TPSA) is 46.3 Å². The number of amides is 1. The minimum absolute atomic E-state index is 0.206. The van der Waals surface area contributed by atoms with Gasteiger partial charge >= 0.3 is 0 Å². The summed E-state index contributed by atoms with van der Waals surface area (Å²) in [5, 5.41) is 0. The number of benzene rings is 1. The Morgan fingerprint density at radius 2 is 2.29 bits per heavy atom. The summed E-state index contributed by atoms with van der Waals surface area (Å²) in [7, 11) is 0. The zero-order valence-electron chi connectivity index (χ0n) is 9.99. The van der Waals surface area contributed by atoms with Crippen molar-refractivity contribution in [2.45, 2.75) is 19.8 Å². The molecule has 1 fully saturated rings. The van der Waals surface area contributed by atoms with E-state index >= 15 is 0 Å². The van der Waals surface area contributed by atoms with Crippen LogP contribution in [0.4, 0.5) is 5.69 Å². The number of aryl methyl sites for hydroxylation is 1. The van der Waals surface area contributed by atoms with Gasteiger partial charge in [-0.2, -0.15) is 0 Å². The Balaban J connectivity index is 2.35. The molecule has 0 radical (unpaired) electrons. The predicted octanol–water partition coefficient (Wildman–Crippen LogP) is 1.43. The molecule has 1 aliphatic heterocycles. The molecular weight excluding hydrogens is 212 g/mol. The Kier molecular flexibility index (Phi) is 3.46. The maximum absolute atomic E-state index is 11.7. The van der Waals surface area contributed by atoms with Gasteiger partial charge in [0.1, 0.15) is 0 Å². The quantitative estimate of drug-likeness (QED) is 0.739. The molecule has 3 nitrogen and oxygen atoms in total. The molecule has 0 atom stereocenters. The van der Waals surface area contributed by atoms with Crippen LogP contribution in [0.2, 0.25) is 0 Å². The first-order chi connectivity index (χ1) is 8.22. The summed E-state index contributed by atoms with van der Waals surface area (Å²) >= 11 is 0. The van der Waals surface area contributed by atoms with E-state index in [1.807, 2.05) is 30.0 Å². The highest BCUT2D eigenvalue weighted by molar-refractivity contribution is 5.96. The molecule has 0 aliphatic carbocycles. The Labute approximate surface area is 102 Å². The van der Waals surface area contributed by atoms with Crippen molar-refractivity contribution in [2.75, 3.05) is 18.0 Å². The van der Waals surface area contributed by atoms with Gasteiger partial charge in [-0.15, -0.1) is 0 Å². The van der Waals surface area contributed by atoms with Gasteiger partial charge in [0.25, 0.3) is 0 Å². The number of hydrogen-bond acceptors (Lipinski definition) is 2. The van der Waals surface area contributed by atoms with E-state index in [-0.39, 0.29) is 5.91 Å². The molecule has 1 amide bonds. The van der Waals surface area contributed by atoms with Gasteiger partial charge in [-0.05, 0) is 31.0 Å². The van der Waals surface area contributed by atoms with Crippen LogP contribution in [0.5, 0.6) is 0 Å². The van der Waals surface area contributed by atoms with E-state index < -0.39 is 0 Å². The summed E-state index contributed by atoms with van der Waals surface area (Å²) in [6.45, 7) is 3.18. The molecule has 0 bridgehead atoms. The Morgan fingerprint density at radius 1 is 1.47 bits per heavy atom. The van der Waals surface area contributed by atoms with Crippen molar-refractivity contribution >= 4 is 11.6 Å². The number of anilines is 1. The maximum atomic E-state index is 11.7. The second kappa shape index (κ2) is 5.03. The Hall–Kier alpha value is -1.79. The van der Waals surface area contributed by atoms with Crippen LogP contribution in [0.25, 0.3) is 0 Å². The predicted molar refractivity (Wildman–Crippen MR) is 68.7 cm³/mol. The molecule has 1 saturated heterocycles. The van der Waals surface area contributed by atoms with E-state index in [2.05, 4.69) is 11.8 Å². The molecule has 2 N–H and O–H groups in total. The van der Waals surface area contributed by atoms with Crippen LogP contribution in [0.1, 0.15) is 24.0 Å². The van der Waals surface area contributed by atoms with Crippen LogP contribution in [-0.4, -0.2) is 19.0 Å². The molecule has 0 unspecified atom stereocenters. The third-order valence-electron chi connectivity index (χ3n) is 2.91. The second-order valence-electron chi connectivity index (χ2n) is 4.16. The van der Waals surface area contributed by atoms with Crippen molar-refractivity contribution in [1.29, 1.82) is 0 Å². The third kappa shape index (κ3) is 2.48. The number of carbonyl (C=O) groups excluding carboxylic acids is 1. The fourth-order valence-corrected chi connectivity index (χ4v) is 2.03. The lowest BCUT2D eigenvalue weighted by Crippen LogP contribution is -2.24. The molecule has 88 valence electrons. The van der Waals surface area contributed by atoms with Gasteiger partial charge < -0.3 is 10.6 Å². The van der Waals surface area contributed by atoms with Gasteiger partial charge in [-0.25, -0.2) is 0 Å². The molecule has 2 rings (SSSR count). The Morgan fingerprint density at radius 3 is 2.94 bits per heavy atom. The zero-order valence-corrected chi connectivity index (χ0v) is 9.99. The summed E-state index contributed by atoms with van der Waals surface area (Å²) in [5.74, 6) is 6.03. The van der Waals surface area contributed by atoms with Crippen LogP contribution >= 0.6 is 0 Å². The molecule has 0 spiro atoms. The highest BCUT2D eigenvalue weighted by atomic mass is 16.2. The maximum Gasteiger partial charge on any atom is 0.227 e. The minimum Gasteiger partial charge on any atom is -0.320 e. The lowest BCUT2D eigenvalue weighted by atomic mass is 10.1. The first-order valence-electron chi connectivity index (χ1n) is 5.82. The molecule has 0 aromatic heterocycles. The summed E-state index contributed by atoms with van der Waals surface area (Å²) < 4.78 is 0. The molecule has 1 aromatic carbocycles. The molecule has 0 saturated carbocycles. The van der Waals surface area contributed by atoms with E-state index in [0.717, 1.165) is 29.8 Å². The van der Waals surface area contributed by atoms with Gasteiger partial charge in [0, 0.05) is 24.2 Å². The van der Waals surface area contributed by atoms with Gasteiger partial charge in [-0.1, -0.05) is 17.9 Å². The third-order valence-corrected chi connectivity index (χ3v) is 2.91. The monoisotopic (exact) mass is 228 g/mol. The smallest absolute Gasteiger partial charge is 0.227 e. The largest absolute Gasteiger partial charge is 0.320 e. The lowest BCUT2D eigenvalue weighted by molar-refractivity contribution is -0.117. The minimum atomic E-state index is 0.206. The van der Waals surface area contributed by atoms with E-state index in [1.54, 1.807) is 0 Å². The standard InChI is InChI=1S/C14H16N2O/c1-11-6-7-12(4-2-8-15)10-13(11)16-9-3-5-14(16)17/h6-7,10H,3,5,8-9,15H2,1H3. The summed E-state index contributed by atoms with van der Waals surface area (Å²) in [4.78, 5) is 13.6. The van der Waals surface area contributed by atoms with Crippen molar-refractivity contribution in [2.24, 2.45) is 5.73 Å². The fourth-order valence-electron chi connectivity index (χ4n) is 2.03. The van der Waals surface area contributed by atoms with Gasteiger partial charge in [0.2, 0.25) is 5.91 Å². The number of nitrogens with zero attached hydrogens (tertiary/aromatic N) is 1. The summed E-state index contributed by atoms with van der Waals surface area (Å²) in [6, 6.07) is 5.94. The zero-order chi connectivity index (χ0) is 12.3. The van der Waals surface area contributed by atoms with E-state index in [9.17, 15) is 4.79 Å². The molecule has 3 heteroatoms. The highest BCUT2D eigenvalue weighted by Gasteiger charge is 2.22. The van der Waals surface area contributed by atoms with Crippen molar-refractivity contribution < 1.29 is 4.79 Å². The van der Waals surface area contributed by atoms with E-state index in [1.165, 1.54) is 0 Å². The van der Waals surface area contributed by atoms with Gasteiger partial charge in [-0.3, -0.25) is 4.79 Å². The number of rotatable bonds is 1. The van der Waals surface area contributed by atoms with Gasteiger partial charge in [0.15, 0.2) is 0 Å². The van der Waals surface area contributed by atoms with Crippen LogP contribution in [-0.2, 0) is 4.79 Å². The fraction of sp³-hybridized carbons (Fsp3) is 0.357. The molecule has 1 heterocycles. The number of hydrogen-bond donors (Lipinski definition) is 1. The average Bonchev–Trinajstić information content (AvgIpc) is 2.74. The molecule has 1 aromatic rings. The van der Waals surface area contributed by atoms with Crippen molar-refractivity contribution in [1.82, 2.24) is 0 Å². The molecule has 1 aliphatic rings. The average molecular weight is 228 g/mol. The highest BCUT2D eigenvalue weighted by Crippen LogP contribution is 2.25. The van der Waals surface area contributed by atoms with Gasteiger partial charge in [0.05, 0.1) is 6.54 Å². The number of nitrogens with two attached hydrogens (primary N) is 1. The summed E-state index contributed by atoms with van der Waals surface area (Å²) in [5.41, 5.74) is 8.36. The Bertz CT molecular complexity index is 497. The first kappa shape index (κ1) is 11.7. The van der Waals surface area contributed by atoms with Crippen LogP contribution in [0.3, 0.4) is 0 Å².